The fraction of sp³-hybridized carbons (Fsp3) is 0. The summed E-state index contributed by atoms with van der Waals surface area (Å²) in [4.78, 5) is 10.6. The average molecular weight is 171 g/mol. The van der Waals surface area contributed by atoms with E-state index in [0.29, 0.717) is 5.56 Å². The number of rotatable bonds is 1. The molecular formula is C11H7O2. The van der Waals surface area contributed by atoms with Crippen LogP contribution in [0, 0.1) is 6.07 Å². The number of fused-ring (bicyclic) bond motifs is 1. The van der Waals surface area contributed by atoms with Gasteiger partial charge in [0, 0.05) is 0 Å². The Morgan fingerprint density at radius 2 is 2.08 bits per heavy atom. The van der Waals surface area contributed by atoms with Gasteiger partial charge in [0.2, 0.25) is 0 Å². The summed E-state index contributed by atoms with van der Waals surface area (Å²) in [6, 6.07) is 13.4. The molecule has 1 radical (unpaired) electrons. The summed E-state index contributed by atoms with van der Waals surface area (Å²) in [6.07, 6.45) is 0. The van der Waals surface area contributed by atoms with Gasteiger partial charge in [-0.15, -0.1) is 0 Å². The lowest BCUT2D eigenvalue weighted by Crippen LogP contribution is -1.94. The molecule has 0 amide bonds. The largest absolute Gasteiger partial charge is 0.478 e. The number of carboxylic acids is 1. The third-order valence-corrected chi connectivity index (χ3v) is 1.93. The molecular weight excluding hydrogens is 164 g/mol. The van der Waals surface area contributed by atoms with Crippen molar-refractivity contribution in [1.29, 1.82) is 0 Å². The fourth-order valence-corrected chi connectivity index (χ4v) is 1.26. The third-order valence-electron chi connectivity index (χ3n) is 1.93. The highest BCUT2D eigenvalue weighted by Gasteiger charge is 2.01. The molecule has 2 rings (SSSR count). The summed E-state index contributed by atoms with van der Waals surface area (Å²) in [7, 11) is 0. The van der Waals surface area contributed by atoms with Crippen LogP contribution in [0.4, 0.5) is 0 Å². The Bertz CT molecular complexity index is 460. The van der Waals surface area contributed by atoms with E-state index in [9.17, 15) is 4.79 Å². The van der Waals surface area contributed by atoms with E-state index < -0.39 is 5.97 Å². The van der Waals surface area contributed by atoms with Crippen LogP contribution < -0.4 is 0 Å². The van der Waals surface area contributed by atoms with Crippen LogP contribution in [0.5, 0.6) is 0 Å². The van der Waals surface area contributed by atoms with Gasteiger partial charge in [0.25, 0.3) is 0 Å². The average Bonchev–Trinajstić information content (AvgIpc) is 2.17. The van der Waals surface area contributed by atoms with Gasteiger partial charge in [-0.25, -0.2) is 4.79 Å². The number of carbonyl (C=O) groups is 1. The SMILES string of the molecule is O=C(O)c1ccc2c[c]ccc2c1. The molecule has 0 aromatic heterocycles. The van der Waals surface area contributed by atoms with Gasteiger partial charge in [-0.2, -0.15) is 0 Å². The molecule has 13 heavy (non-hydrogen) atoms. The first-order chi connectivity index (χ1) is 6.27. The van der Waals surface area contributed by atoms with Gasteiger partial charge in [-0.05, 0) is 35.0 Å². The predicted molar refractivity (Wildman–Crippen MR) is 49.7 cm³/mol. The van der Waals surface area contributed by atoms with Crippen molar-refractivity contribution in [3.63, 3.8) is 0 Å². The van der Waals surface area contributed by atoms with Gasteiger partial charge in [0.05, 0.1) is 5.56 Å². The molecule has 2 nitrogen and oxygen atoms in total. The van der Waals surface area contributed by atoms with Crippen molar-refractivity contribution in [2.45, 2.75) is 0 Å². The number of hydrogen-bond donors (Lipinski definition) is 1. The van der Waals surface area contributed by atoms with Crippen LogP contribution >= 0.6 is 0 Å². The van der Waals surface area contributed by atoms with Crippen molar-refractivity contribution in [3.05, 3.63) is 48.0 Å². The quantitative estimate of drug-likeness (QED) is 0.715. The Hall–Kier alpha value is -1.83. The molecule has 0 aliphatic rings. The second-order valence-electron chi connectivity index (χ2n) is 2.79. The highest BCUT2D eigenvalue weighted by molar-refractivity contribution is 5.94. The second kappa shape index (κ2) is 2.90. The summed E-state index contributed by atoms with van der Waals surface area (Å²) in [5, 5.41) is 10.7. The van der Waals surface area contributed by atoms with Crippen LogP contribution in [0.25, 0.3) is 10.8 Å². The van der Waals surface area contributed by atoms with Crippen molar-refractivity contribution >= 4 is 16.7 Å². The molecule has 2 aromatic carbocycles. The van der Waals surface area contributed by atoms with Gasteiger partial charge >= 0.3 is 5.97 Å². The summed E-state index contributed by atoms with van der Waals surface area (Å²) in [5.41, 5.74) is 0.318. The van der Waals surface area contributed by atoms with Crippen molar-refractivity contribution < 1.29 is 9.90 Å². The van der Waals surface area contributed by atoms with E-state index in [1.807, 2.05) is 12.1 Å². The maximum Gasteiger partial charge on any atom is 0.335 e. The molecule has 63 valence electrons. The molecule has 0 aliphatic heterocycles. The molecule has 0 aliphatic carbocycles. The van der Waals surface area contributed by atoms with Gasteiger partial charge in [0.15, 0.2) is 0 Å². The molecule has 0 fully saturated rings. The molecule has 0 unspecified atom stereocenters. The van der Waals surface area contributed by atoms with Crippen LogP contribution in [0.2, 0.25) is 0 Å². The Morgan fingerprint density at radius 1 is 1.23 bits per heavy atom. The lowest BCUT2D eigenvalue weighted by Gasteiger charge is -1.97. The monoisotopic (exact) mass is 171 g/mol. The maximum atomic E-state index is 10.6. The van der Waals surface area contributed by atoms with E-state index >= 15 is 0 Å². The van der Waals surface area contributed by atoms with Gasteiger partial charge in [-0.3, -0.25) is 0 Å². The molecule has 2 heteroatoms. The number of carboxylic acid groups (broad SMARTS) is 1. The second-order valence-corrected chi connectivity index (χ2v) is 2.79. The Morgan fingerprint density at radius 3 is 2.85 bits per heavy atom. The van der Waals surface area contributed by atoms with Crippen LogP contribution in [0.15, 0.2) is 36.4 Å². The van der Waals surface area contributed by atoms with Crippen LogP contribution in [0.1, 0.15) is 10.4 Å². The van der Waals surface area contributed by atoms with E-state index in [-0.39, 0.29) is 0 Å². The van der Waals surface area contributed by atoms with E-state index in [1.165, 1.54) is 0 Å². The highest BCUT2D eigenvalue weighted by Crippen LogP contribution is 2.14. The summed E-state index contributed by atoms with van der Waals surface area (Å²) >= 11 is 0. The van der Waals surface area contributed by atoms with Crippen LogP contribution in [-0.2, 0) is 0 Å². The molecule has 0 bridgehead atoms. The van der Waals surface area contributed by atoms with Gasteiger partial charge < -0.3 is 5.11 Å². The molecule has 0 spiro atoms. The Balaban J connectivity index is 2.69. The van der Waals surface area contributed by atoms with Crippen molar-refractivity contribution in [3.8, 4) is 0 Å². The Labute approximate surface area is 75.4 Å². The summed E-state index contributed by atoms with van der Waals surface area (Å²) in [5.74, 6) is -0.894. The lowest BCUT2D eigenvalue weighted by atomic mass is 10.1. The molecule has 2 aromatic rings. The first-order valence-corrected chi connectivity index (χ1v) is 3.90. The zero-order valence-electron chi connectivity index (χ0n) is 6.82. The third kappa shape index (κ3) is 1.38. The summed E-state index contributed by atoms with van der Waals surface area (Å²) in [6.45, 7) is 0. The van der Waals surface area contributed by atoms with Crippen molar-refractivity contribution in [1.82, 2.24) is 0 Å². The normalized spacial score (nSPS) is 10.2. The first kappa shape index (κ1) is 7.80. The van der Waals surface area contributed by atoms with Crippen molar-refractivity contribution in [2.24, 2.45) is 0 Å². The number of aromatic carboxylic acids is 1. The molecule has 1 N–H and O–H groups in total. The minimum Gasteiger partial charge on any atom is -0.478 e. The molecule has 0 atom stereocenters. The zero-order chi connectivity index (χ0) is 9.26. The fourth-order valence-electron chi connectivity index (χ4n) is 1.26. The highest BCUT2D eigenvalue weighted by atomic mass is 16.4. The van der Waals surface area contributed by atoms with E-state index in [1.54, 1.807) is 24.3 Å². The van der Waals surface area contributed by atoms with E-state index in [4.69, 9.17) is 5.11 Å². The number of hydrogen-bond acceptors (Lipinski definition) is 1. The first-order valence-electron chi connectivity index (χ1n) is 3.90. The molecule has 0 saturated carbocycles. The van der Waals surface area contributed by atoms with Crippen LogP contribution in [0.3, 0.4) is 0 Å². The molecule has 0 heterocycles. The van der Waals surface area contributed by atoms with E-state index in [2.05, 4.69) is 6.07 Å². The smallest absolute Gasteiger partial charge is 0.335 e. The van der Waals surface area contributed by atoms with Crippen LogP contribution in [-0.4, -0.2) is 11.1 Å². The van der Waals surface area contributed by atoms with E-state index in [0.717, 1.165) is 10.8 Å². The minimum atomic E-state index is -0.894. The Kier molecular flexibility index (Phi) is 1.74. The van der Waals surface area contributed by atoms with Crippen molar-refractivity contribution in [2.75, 3.05) is 0 Å². The minimum absolute atomic E-state index is 0.318. The van der Waals surface area contributed by atoms with Gasteiger partial charge in [-0.1, -0.05) is 18.2 Å². The standard InChI is InChI=1S/C11H7O2/c12-11(13)10-6-5-8-3-1-2-4-9(8)7-10/h2-7H,(H,12,13). The number of benzene rings is 2. The summed E-state index contributed by atoms with van der Waals surface area (Å²) < 4.78 is 0. The molecule has 0 saturated heterocycles. The predicted octanol–water partition coefficient (Wildman–Crippen LogP) is 2.34. The maximum absolute atomic E-state index is 10.6. The zero-order valence-corrected chi connectivity index (χ0v) is 6.82. The lowest BCUT2D eigenvalue weighted by molar-refractivity contribution is 0.0697. The van der Waals surface area contributed by atoms with Gasteiger partial charge in [0.1, 0.15) is 0 Å². The topological polar surface area (TPSA) is 37.3 Å².